The lowest BCUT2D eigenvalue weighted by Gasteiger charge is -2.44. The minimum Gasteiger partial charge on any atom is -0.342 e. The van der Waals surface area contributed by atoms with Crippen LogP contribution in [-0.2, 0) is 16.1 Å². The maximum atomic E-state index is 13.9. The lowest BCUT2D eigenvalue weighted by Crippen LogP contribution is -2.58. The van der Waals surface area contributed by atoms with Gasteiger partial charge < -0.3 is 14.7 Å². The SMILES string of the molecule is Cc1nc(CN2CN(c3ccccc3)C3(CCN(C(=O)C4CCC5NNCC5C4)CC3)C2=O)cs1. The summed E-state index contributed by atoms with van der Waals surface area (Å²) in [6.07, 6.45) is 4.30. The fourth-order valence-electron chi connectivity index (χ4n) is 6.58. The number of fused-ring (bicyclic) bond motifs is 1. The highest BCUT2D eigenvalue weighted by atomic mass is 32.1. The van der Waals surface area contributed by atoms with E-state index in [2.05, 4.69) is 32.9 Å². The van der Waals surface area contributed by atoms with Crippen molar-refractivity contribution in [2.45, 2.75) is 57.2 Å². The van der Waals surface area contributed by atoms with Crippen molar-refractivity contribution in [1.82, 2.24) is 25.6 Å². The molecule has 3 atom stereocenters. The van der Waals surface area contributed by atoms with Crippen LogP contribution in [0.4, 0.5) is 5.69 Å². The molecule has 4 heterocycles. The number of likely N-dealkylation sites (tertiary alicyclic amines) is 1. The molecule has 3 unspecified atom stereocenters. The maximum Gasteiger partial charge on any atom is 0.250 e. The Morgan fingerprint density at radius 2 is 2.00 bits per heavy atom. The van der Waals surface area contributed by atoms with E-state index in [1.165, 1.54) is 0 Å². The van der Waals surface area contributed by atoms with Gasteiger partial charge in [-0.25, -0.2) is 4.98 Å². The Kier molecular flexibility index (Phi) is 6.02. The van der Waals surface area contributed by atoms with E-state index in [0.29, 0.717) is 51.1 Å². The van der Waals surface area contributed by atoms with Gasteiger partial charge in [-0.15, -0.1) is 11.3 Å². The van der Waals surface area contributed by atoms with E-state index >= 15 is 0 Å². The third-order valence-electron chi connectivity index (χ3n) is 8.49. The van der Waals surface area contributed by atoms with Crippen LogP contribution in [0.5, 0.6) is 0 Å². The van der Waals surface area contributed by atoms with E-state index in [1.807, 2.05) is 40.3 Å². The molecule has 1 spiro atoms. The summed E-state index contributed by atoms with van der Waals surface area (Å²) in [5, 5.41) is 3.07. The van der Waals surface area contributed by atoms with E-state index in [1.54, 1.807) is 11.3 Å². The molecule has 6 rings (SSSR count). The Morgan fingerprint density at radius 1 is 1.20 bits per heavy atom. The van der Waals surface area contributed by atoms with Crippen molar-refractivity contribution in [2.75, 3.05) is 31.2 Å². The van der Waals surface area contributed by atoms with Gasteiger partial charge in [-0.2, -0.15) is 0 Å². The lowest BCUT2D eigenvalue weighted by molar-refractivity contribution is -0.142. The zero-order valence-electron chi connectivity index (χ0n) is 20.3. The van der Waals surface area contributed by atoms with Gasteiger partial charge in [0.1, 0.15) is 5.54 Å². The maximum absolute atomic E-state index is 13.9. The largest absolute Gasteiger partial charge is 0.342 e. The van der Waals surface area contributed by atoms with Crippen molar-refractivity contribution in [1.29, 1.82) is 0 Å². The quantitative estimate of drug-likeness (QED) is 0.680. The average molecular weight is 495 g/mol. The topological polar surface area (TPSA) is 80.8 Å². The Labute approximate surface area is 210 Å². The summed E-state index contributed by atoms with van der Waals surface area (Å²) in [6, 6.07) is 10.8. The normalized spacial score (nSPS) is 28.1. The van der Waals surface area contributed by atoms with Crippen LogP contribution in [0.25, 0.3) is 0 Å². The summed E-state index contributed by atoms with van der Waals surface area (Å²) < 4.78 is 0. The first kappa shape index (κ1) is 22.9. The molecule has 9 heteroatoms. The number of piperidine rings is 1. The van der Waals surface area contributed by atoms with Gasteiger partial charge in [0.05, 0.1) is 23.9 Å². The second kappa shape index (κ2) is 9.19. The van der Waals surface area contributed by atoms with Crippen molar-refractivity contribution < 1.29 is 9.59 Å². The number of thiazole rings is 1. The molecule has 0 bridgehead atoms. The minimum absolute atomic E-state index is 0.112. The molecule has 35 heavy (non-hydrogen) atoms. The Hall–Kier alpha value is -2.49. The van der Waals surface area contributed by atoms with Crippen LogP contribution in [0.15, 0.2) is 35.7 Å². The van der Waals surface area contributed by atoms with Gasteiger partial charge in [0.25, 0.3) is 0 Å². The molecule has 1 aromatic carbocycles. The minimum atomic E-state index is -0.597. The van der Waals surface area contributed by atoms with Crippen LogP contribution in [-0.4, -0.2) is 64.5 Å². The summed E-state index contributed by atoms with van der Waals surface area (Å²) in [6.45, 7) is 5.31. The van der Waals surface area contributed by atoms with Gasteiger partial charge >= 0.3 is 0 Å². The molecular formula is C26H34N6O2S. The third-order valence-corrected chi connectivity index (χ3v) is 9.31. The molecule has 1 aromatic heterocycles. The standard InChI is InChI=1S/C26H34N6O2S/c1-18-28-21(16-35-18)15-31-17-32(22-5-3-2-4-6-22)26(25(31)34)9-11-30(12-10-26)24(33)19-7-8-23-20(13-19)14-27-29-23/h2-6,16,19-20,23,27,29H,7-15,17H2,1H3. The van der Waals surface area contributed by atoms with Gasteiger partial charge in [0, 0.05) is 42.7 Å². The fraction of sp³-hybridized carbons (Fsp3) is 0.577. The van der Waals surface area contributed by atoms with Crippen LogP contribution in [0.1, 0.15) is 42.8 Å². The third kappa shape index (κ3) is 4.13. The number of nitrogens with zero attached hydrogens (tertiary/aromatic N) is 4. The van der Waals surface area contributed by atoms with Crippen molar-refractivity contribution in [2.24, 2.45) is 11.8 Å². The number of aryl methyl sites for hydroxylation is 1. The zero-order chi connectivity index (χ0) is 24.0. The number of aromatic nitrogens is 1. The molecule has 4 fully saturated rings. The van der Waals surface area contributed by atoms with Crippen molar-refractivity contribution in [3.63, 3.8) is 0 Å². The molecule has 4 aliphatic rings. The van der Waals surface area contributed by atoms with Gasteiger partial charge in [0.15, 0.2) is 0 Å². The van der Waals surface area contributed by atoms with Crippen LogP contribution in [0.3, 0.4) is 0 Å². The number of rotatable bonds is 4. The number of carbonyl (C=O) groups excluding carboxylic acids is 2. The number of amides is 2. The number of hydrogen-bond acceptors (Lipinski definition) is 7. The Bertz CT molecular complexity index is 1080. The Balaban J connectivity index is 1.19. The van der Waals surface area contributed by atoms with E-state index in [0.717, 1.165) is 42.2 Å². The first-order valence-electron chi connectivity index (χ1n) is 12.8. The molecule has 3 aliphatic heterocycles. The summed E-state index contributed by atoms with van der Waals surface area (Å²) in [4.78, 5) is 38.2. The Morgan fingerprint density at radius 3 is 2.74 bits per heavy atom. The molecule has 2 amide bonds. The van der Waals surface area contributed by atoms with Crippen molar-refractivity contribution in [3.05, 3.63) is 46.4 Å². The van der Waals surface area contributed by atoms with Gasteiger partial charge in [0.2, 0.25) is 11.8 Å². The molecule has 0 radical (unpaired) electrons. The van der Waals surface area contributed by atoms with Crippen LogP contribution >= 0.6 is 11.3 Å². The number of para-hydroxylation sites is 1. The first-order chi connectivity index (χ1) is 17.0. The van der Waals surface area contributed by atoms with Gasteiger partial charge in [-0.05, 0) is 57.1 Å². The lowest BCUT2D eigenvalue weighted by atomic mass is 9.77. The number of anilines is 1. The van der Waals surface area contributed by atoms with E-state index in [4.69, 9.17) is 0 Å². The number of carbonyl (C=O) groups is 2. The van der Waals surface area contributed by atoms with Crippen molar-refractivity contribution in [3.8, 4) is 0 Å². The summed E-state index contributed by atoms with van der Waals surface area (Å²) >= 11 is 1.62. The predicted molar refractivity (Wildman–Crippen MR) is 135 cm³/mol. The number of hydrazine groups is 1. The number of hydrogen-bond donors (Lipinski definition) is 2. The van der Waals surface area contributed by atoms with Crippen LogP contribution in [0, 0.1) is 18.8 Å². The summed E-state index contributed by atoms with van der Waals surface area (Å²) in [5.41, 5.74) is 8.03. The highest BCUT2D eigenvalue weighted by Gasteiger charge is 2.54. The van der Waals surface area contributed by atoms with Crippen LogP contribution < -0.4 is 15.8 Å². The first-order valence-corrected chi connectivity index (χ1v) is 13.7. The molecule has 8 nitrogen and oxygen atoms in total. The van der Waals surface area contributed by atoms with E-state index < -0.39 is 5.54 Å². The monoisotopic (exact) mass is 494 g/mol. The predicted octanol–water partition coefficient (Wildman–Crippen LogP) is 2.51. The number of nitrogens with one attached hydrogen (secondary N) is 2. The molecule has 2 aromatic rings. The number of benzene rings is 1. The smallest absolute Gasteiger partial charge is 0.250 e. The molecule has 2 N–H and O–H groups in total. The van der Waals surface area contributed by atoms with Gasteiger partial charge in [-0.1, -0.05) is 18.2 Å². The molecule has 1 aliphatic carbocycles. The van der Waals surface area contributed by atoms with Crippen molar-refractivity contribution >= 4 is 28.8 Å². The molecule has 186 valence electrons. The molecular weight excluding hydrogens is 460 g/mol. The van der Waals surface area contributed by atoms with E-state index in [9.17, 15) is 9.59 Å². The zero-order valence-corrected chi connectivity index (χ0v) is 21.1. The van der Waals surface area contributed by atoms with Gasteiger partial charge in [-0.3, -0.25) is 20.4 Å². The van der Waals surface area contributed by atoms with Crippen LogP contribution in [0.2, 0.25) is 0 Å². The molecule has 1 saturated carbocycles. The highest BCUT2D eigenvalue weighted by molar-refractivity contribution is 7.09. The summed E-state index contributed by atoms with van der Waals surface area (Å²) in [5.74, 6) is 1.11. The molecule has 3 saturated heterocycles. The average Bonchev–Trinajstić information content (AvgIpc) is 3.59. The second-order valence-electron chi connectivity index (χ2n) is 10.5. The highest BCUT2D eigenvalue weighted by Crippen LogP contribution is 2.41. The fourth-order valence-corrected chi connectivity index (χ4v) is 7.18. The summed E-state index contributed by atoms with van der Waals surface area (Å²) in [7, 11) is 0. The van der Waals surface area contributed by atoms with E-state index in [-0.39, 0.29) is 17.7 Å². The second-order valence-corrected chi connectivity index (χ2v) is 11.6.